The van der Waals surface area contributed by atoms with Crippen LogP contribution in [-0.2, 0) is 4.79 Å². The van der Waals surface area contributed by atoms with E-state index in [0.29, 0.717) is 18.4 Å². The lowest BCUT2D eigenvalue weighted by Gasteiger charge is -2.21. The Hall–Kier alpha value is -0.570. The molecule has 0 radical (unpaired) electrons. The maximum atomic E-state index is 11.7. The molecule has 0 aromatic heterocycles. The van der Waals surface area contributed by atoms with Gasteiger partial charge in [0.05, 0.1) is 0 Å². The molecule has 16 heavy (non-hydrogen) atoms. The lowest BCUT2D eigenvalue weighted by atomic mass is 9.99. The highest BCUT2D eigenvalue weighted by Crippen LogP contribution is 2.27. The van der Waals surface area contributed by atoms with Gasteiger partial charge in [0.15, 0.2) is 0 Å². The average Bonchev–Trinajstić information content (AvgIpc) is 2.69. The molecule has 1 aliphatic carbocycles. The van der Waals surface area contributed by atoms with Crippen molar-refractivity contribution in [2.45, 2.75) is 65.0 Å². The van der Waals surface area contributed by atoms with Crippen LogP contribution < -0.4 is 10.6 Å². The maximum absolute atomic E-state index is 11.7. The Morgan fingerprint density at radius 2 is 1.94 bits per heavy atom. The van der Waals surface area contributed by atoms with E-state index in [1.807, 2.05) is 0 Å². The minimum absolute atomic E-state index is 0.188. The molecular formula is C13H26N2O. The third-order valence-corrected chi connectivity index (χ3v) is 3.54. The van der Waals surface area contributed by atoms with Crippen molar-refractivity contribution in [3.63, 3.8) is 0 Å². The van der Waals surface area contributed by atoms with Gasteiger partial charge in [-0.2, -0.15) is 0 Å². The number of hydrogen-bond donors (Lipinski definition) is 2. The molecule has 3 heteroatoms. The molecule has 2 N–H and O–H groups in total. The third-order valence-electron chi connectivity index (χ3n) is 3.54. The summed E-state index contributed by atoms with van der Waals surface area (Å²) in [4.78, 5) is 11.7. The summed E-state index contributed by atoms with van der Waals surface area (Å²) < 4.78 is 0. The van der Waals surface area contributed by atoms with Crippen LogP contribution in [0.4, 0.5) is 0 Å². The van der Waals surface area contributed by atoms with Crippen molar-refractivity contribution in [2.75, 3.05) is 6.54 Å². The van der Waals surface area contributed by atoms with Crippen molar-refractivity contribution in [3.05, 3.63) is 0 Å². The summed E-state index contributed by atoms with van der Waals surface area (Å²) in [5, 5.41) is 6.39. The molecule has 0 aromatic rings. The van der Waals surface area contributed by atoms with Crippen LogP contribution in [0.25, 0.3) is 0 Å². The normalized spacial score (nSPS) is 20.7. The predicted molar refractivity (Wildman–Crippen MR) is 67.3 cm³/mol. The summed E-state index contributed by atoms with van der Waals surface area (Å²) in [5.74, 6) is 0.895. The molecule has 0 aliphatic heterocycles. The van der Waals surface area contributed by atoms with Gasteiger partial charge in [-0.3, -0.25) is 4.79 Å². The van der Waals surface area contributed by atoms with Crippen molar-refractivity contribution < 1.29 is 4.79 Å². The number of hydrogen-bond acceptors (Lipinski definition) is 2. The highest BCUT2D eigenvalue weighted by atomic mass is 16.1. The lowest BCUT2D eigenvalue weighted by molar-refractivity contribution is -0.122. The van der Waals surface area contributed by atoms with E-state index in [4.69, 9.17) is 0 Å². The van der Waals surface area contributed by atoms with Crippen LogP contribution in [0.3, 0.4) is 0 Å². The Labute approximate surface area is 99.4 Å². The number of nitrogens with one attached hydrogen (secondary N) is 2. The Morgan fingerprint density at radius 3 is 2.50 bits per heavy atom. The van der Waals surface area contributed by atoms with Gasteiger partial charge in [-0.25, -0.2) is 0 Å². The Morgan fingerprint density at radius 1 is 1.31 bits per heavy atom. The molecule has 1 unspecified atom stereocenters. The molecule has 0 saturated heterocycles. The fourth-order valence-corrected chi connectivity index (χ4v) is 2.59. The van der Waals surface area contributed by atoms with Crippen LogP contribution >= 0.6 is 0 Å². The van der Waals surface area contributed by atoms with Crippen LogP contribution in [0.1, 0.15) is 52.9 Å². The summed E-state index contributed by atoms with van der Waals surface area (Å²) in [5.41, 5.74) is 0. The van der Waals surface area contributed by atoms with E-state index in [9.17, 15) is 4.79 Å². The number of carbonyl (C=O) groups excluding carboxylic acids is 1. The molecule has 94 valence electrons. The number of amides is 1. The smallest absolute Gasteiger partial charge is 0.221 e. The van der Waals surface area contributed by atoms with Crippen LogP contribution in [0.15, 0.2) is 0 Å². The first kappa shape index (κ1) is 13.5. The molecule has 1 rings (SSSR count). The molecule has 0 spiro atoms. The predicted octanol–water partition coefficient (Wildman–Crippen LogP) is 2.07. The zero-order valence-electron chi connectivity index (χ0n) is 10.9. The van der Waals surface area contributed by atoms with Gasteiger partial charge in [-0.1, -0.05) is 19.8 Å². The summed E-state index contributed by atoms with van der Waals surface area (Å²) in [6.45, 7) is 7.19. The second-order valence-electron chi connectivity index (χ2n) is 5.06. The molecule has 0 aromatic carbocycles. The average molecular weight is 226 g/mol. The minimum atomic E-state index is 0.188. The standard InChI is InChI=1S/C13H26N2O/c1-4-14-10(2)9-13(16)15-11(3)12-7-5-6-8-12/h10-12,14H,4-9H2,1-3H3,(H,15,16)/t10?,11-/m1/s1. The molecule has 1 aliphatic rings. The molecular weight excluding hydrogens is 200 g/mol. The van der Waals surface area contributed by atoms with Crippen LogP contribution in [0.5, 0.6) is 0 Å². The summed E-state index contributed by atoms with van der Waals surface area (Å²) in [6, 6.07) is 0.629. The van der Waals surface area contributed by atoms with Crippen molar-refractivity contribution in [2.24, 2.45) is 5.92 Å². The zero-order valence-corrected chi connectivity index (χ0v) is 10.9. The first-order valence-corrected chi connectivity index (χ1v) is 6.66. The lowest BCUT2D eigenvalue weighted by Crippen LogP contribution is -2.40. The summed E-state index contributed by atoms with van der Waals surface area (Å²) in [7, 11) is 0. The number of carbonyl (C=O) groups is 1. The quantitative estimate of drug-likeness (QED) is 0.728. The van der Waals surface area contributed by atoms with Crippen molar-refractivity contribution in [1.29, 1.82) is 0 Å². The van der Waals surface area contributed by atoms with Crippen molar-refractivity contribution in [3.8, 4) is 0 Å². The van der Waals surface area contributed by atoms with E-state index in [2.05, 4.69) is 31.4 Å². The van der Waals surface area contributed by atoms with Crippen LogP contribution in [0.2, 0.25) is 0 Å². The van der Waals surface area contributed by atoms with E-state index in [0.717, 1.165) is 6.54 Å². The highest BCUT2D eigenvalue weighted by Gasteiger charge is 2.22. The largest absolute Gasteiger partial charge is 0.353 e. The van der Waals surface area contributed by atoms with Gasteiger partial charge in [0.2, 0.25) is 5.91 Å². The molecule has 0 heterocycles. The van der Waals surface area contributed by atoms with Crippen molar-refractivity contribution >= 4 is 5.91 Å². The van der Waals surface area contributed by atoms with Gasteiger partial charge in [-0.05, 0) is 39.2 Å². The fraction of sp³-hybridized carbons (Fsp3) is 0.923. The van der Waals surface area contributed by atoms with E-state index in [1.54, 1.807) is 0 Å². The van der Waals surface area contributed by atoms with Gasteiger partial charge >= 0.3 is 0 Å². The molecule has 1 saturated carbocycles. The monoisotopic (exact) mass is 226 g/mol. The second-order valence-corrected chi connectivity index (χ2v) is 5.06. The van der Waals surface area contributed by atoms with Crippen LogP contribution in [0, 0.1) is 5.92 Å². The topological polar surface area (TPSA) is 41.1 Å². The minimum Gasteiger partial charge on any atom is -0.353 e. The highest BCUT2D eigenvalue weighted by molar-refractivity contribution is 5.76. The summed E-state index contributed by atoms with van der Waals surface area (Å²) >= 11 is 0. The SMILES string of the molecule is CCNC(C)CC(=O)N[C@H](C)C1CCCC1. The summed E-state index contributed by atoms with van der Waals surface area (Å²) in [6.07, 6.45) is 5.82. The van der Waals surface area contributed by atoms with Gasteiger partial charge in [0, 0.05) is 18.5 Å². The van der Waals surface area contributed by atoms with E-state index in [-0.39, 0.29) is 11.9 Å². The molecule has 0 bridgehead atoms. The van der Waals surface area contributed by atoms with Crippen LogP contribution in [-0.4, -0.2) is 24.5 Å². The first-order valence-electron chi connectivity index (χ1n) is 6.66. The van der Waals surface area contributed by atoms with E-state index in [1.165, 1.54) is 25.7 Å². The second kappa shape index (κ2) is 6.89. The van der Waals surface area contributed by atoms with Gasteiger partial charge < -0.3 is 10.6 Å². The fourth-order valence-electron chi connectivity index (χ4n) is 2.59. The van der Waals surface area contributed by atoms with Crippen molar-refractivity contribution in [1.82, 2.24) is 10.6 Å². The molecule has 3 nitrogen and oxygen atoms in total. The first-order chi connectivity index (χ1) is 7.63. The van der Waals surface area contributed by atoms with Gasteiger partial charge in [-0.15, -0.1) is 0 Å². The molecule has 2 atom stereocenters. The third kappa shape index (κ3) is 4.52. The number of rotatable bonds is 6. The van der Waals surface area contributed by atoms with E-state index < -0.39 is 0 Å². The van der Waals surface area contributed by atoms with Gasteiger partial charge in [0.25, 0.3) is 0 Å². The Balaban J connectivity index is 2.22. The zero-order chi connectivity index (χ0) is 12.0. The maximum Gasteiger partial charge on any atom is 0.221 e. The molecule has 1 fully saturated rings. The Bertz CT molecular complexity index is 212. The Kier molecular flexibility index (Phi) is 5.81. The van der Waals surface area contributed by atoms with Gasteiger partial charge in [0.1, 0.15) is 0 Å². The van der Waals surface area contributed by atoms with E-state index >= 15 is 0 Å². The molecule has 1 amide bonds.